The van der Waals surface area contributed by atoms with E-state index in [1.54, 1.807) is 23.1 Å². The molecule has 0 bridgehead atoms. The van der Waals surface area contributed by atoms with Gasteiger partial charge in [0.1, 0.15) is 0 Å². The normalized spacial score (nSPS) is 17.4. The second-order valence-corrected chi connectivity index (χ2v) is 6.51. The zero-order valence-corrected chi connectivity index (χ0v) is 13.2. The minimum atomic E-state index is -0.448. The predicted molar refractivity (Wildman–Crippen MR) is 82.7 cm³/mol. The average Bonchev–Trinajstić information content (AvgIpc) is 2.78. The van der Waals surface area contributed by atoms with Gasteiger partial charge in [-0.15, -0.1) is 0 Å². The summed E-state index contributed by atoms with van der Waals surface area (Å²) in [4.78, 5) is 18.4. The summed E-state index contributed by atoms with van der Waals surface area (Å²) in [6.45, 7) is 6.97. The van der Waals surface area contributed by atoms with Crippen LogP contribution in [-0.2, 0) is 4.79 Å². The van der Waals surface area contributed by atoms with Gasteiger partial charge in [-0.25, -0.2) is 4.99 Å². The van der Waals surface area contributed by atoms with Crippen LogP contribution in [0.4, 0.5) is 5.69 Å². The van der Waals surface area contributed by atoms with E-state index in [4.69, 9.17) is 23.2 Å². The van der Waals surface area contributed by atoms with Crippen molar-refractivity contribution in [1.29, 1.82) is 0 Å². The summed E-state index contributed by atoms with van der Waals surface area (Å²) in [5.41, 5.74) is 0.142. The highest BCUT2D eigenvalue weighted by Crippen LogP contribution is 2.29. The van der Waals surface area contributed by atoms with Crippen LogP contribution in [0, 0.1) is 5.41 Å². The molecule has 1 saturated heterocycles. The number of nitrogens with zero attached hydrogens (tertiary/aromatic N) is 2. The molecule has 1 heterocycles. The Morgan fingerprint density at radius 2 is 2.05 bits per heavy atom. The molecule has 0 aromatic heterocycles. The van der Waals surface area contributed by atoms with Crippen LogP contribution in [0.3, 0.4) is 0 Å². The summed E-state index contributed by atoms with van der Waals surface area (Å²) in [5, 5.41) is 4.13. The maximum atomic E-state index is 12.4. The Labute approximate surface area is 128 Å². The number of halogens is 2. The maximum Gasteiger partial charge on any atom is 0.234 e. The maximum absolute atomic E-state index is 12.4. The van der Waals surface area contributed by atoms with Gasteiger partial charge in [-0.3, -0.25) is 9.69 Å². The molecule has 0 unspecified atom stereocenters. The summed E-state index contributed by atoms with van der Waals surface area (Å²) in [6.07, 6.45) is 0. The third-order valence-electron chi connectivity index (χ3n) is 2.90. The molecule has 6 heteroatoms. The first-order chi connectivity index (χ1) is 9.29. The average molecular weight is 314 g/mol. The summed E-state index contributed by atoms with van der Waals surface area (Å²) in [6, 6.07) is 5.09. The molecule has 1 amide bonds. The molecular formula is C14H17Cl2N3O. The Morgan fingerprint density at radius 1 is 1.35 bits per heavy atom. The summed E-state index contributed by atoms with van der Waals surface area (Å²) in [5.74, 6) is 0.570. The van der Waals surface area contributed by atoms with Crippen LogP contribution in [0.5, 0.6) is 0 Å². The van der Waals surface area contributed by atoms with Crippen LogP contribution in [0.2, 0.25) is 10.0 Å². The molecule has 108 valence electrons. The largest absolute Gasteiger partial charge is 0.354 e. The van der Waals surface area contributed by atoms with Gasteiger partial charge < -0.3 is 5.32 Å². The van der Waals surface area contributed by atoms with Crippen molar-refractivity contribution < 1.29 is 4.79 Å². The van der Waals surface area contributed by atoms with Crippen molar-refractivity contribution in [2.75, 3.05) is 13.1 Å². The third-order valence-corrected chi connectivity index (χ3v) is 3.43. The smallest absolute Gasteiger partial charge is 0.234 e. The van der Waals surface area contributed by atoms with Crippen molar-refractivity contribution in [3.8, 4) is 0 Å². The minimum absolute atomic E-state index is 0.0336. The number of nitrogens with one attached hydrogen (secondary N) is 1. The highest BCUT2D eigenvalue weighted by molar-refractivity contribution is 6.36. The molecule has 20 heavy (non-hydrogen) atoms. The van der Waals surface area contributed by atoms with Gasteiger partial charge in [0.15, 0.2) is 0 Å². The van der Waals surface area contributed by atoms with E-state index < -0.39 is 5.41 Å². The standard InChI is InChI=1S/C14H17Cl2N3O/c1-14(2,3)12(20)19-7-6-17-13(19)18-11-5-4-9(15)8-10(11)16/h4-5,8H,6-7H2,1-3H3,(H,17,18). The molecule has 1 aliphatic rings. The van der Waals surface area contributed by atoms with Gasteiger partial charge in [-0.05, 0) is 18.2 Å². The molecule has 0 aliphatic carbocycles. The van der Waals surface area contributed by atoms with Crippen LogP contribution in [0.1, 0.15) is 20.8 Å². The van der Waals surface area contributed by atoms with Gasteiger partial charge in [0.2, 0.25) is 11.9 Å². The molecule has 2 rings (SSSR count). The molecule has 0 spiro atoms. The molecular weight excluding hydrogens is 297 g/mol. The van der Waals surface area contributed by atoms with E-state index in [1.165, 1.54) is 0 Å². The summed E-state index contributed by atoms with van der Waals surface area (Å²) in [7, 11) is 0. The van der Waals surface area contributed by atoms with E-state index >= 15 is 0 Å². The second-order valence-electron chi connectivity index (χ2n) is 5.66. The molecule has 1 aromatic carbocycles. The molecule has 1 fully saturated rings. The molecule has 0 atom stereocenters. The first-order valence-electron chi connectivity index (χ1n) is 6.38. The molecule has 1 N–H and O–H groups in total. The van der Waals surface area contributed by atoms with Crippen molar-refractivity contribution in [3.05, 3.63) is 28.2 Å². The van der Waals surface area contributed by atoms with Gasteiger partial charge in [-0.1, -0.05) is 44.0 Å². The van der Waals surface area contributed by atoms with Gasteiger partial charge in [-0.2, -0.15) is 0 Å². The molecule has 1 aliphatic heterocycles. The topological polar surface area (TPSA) is 44.7 Å². The lowest BCUT2D eigenvalue weighted by molar-refractivity contribution is -0.134. The van der Waals surface area contributed by atoms with Gasteiger partial charge in [0.25, 0.3) is 0 Å². The van der Waals surface area contributed by atoms with Crippen molar-refractivity contribution >= 4 is 40.8 Å². The third kappa shape index (κ3) is 3.25. The highest BCUT2D eigenvalue weighted by atomic mass is 35.5. The van der Waals surface area contributed by atoms with Gasteiger partial charge in [0.05, 0.1) is 10.7 Å². The Hall–Kier alpha value is -1.26. The van der Waals surface area contributed by atoms with Crippen molar-refractivity contribution in [1.82, 2.24) is 10.2 Å². The summed E-state index contributed by atoms with van der Waals surface area (Å²) >= 11 is 12.0. The Morgan fingerprint density at radius 3 is 2.65 bits per heavy atom. The zero-order chi connectivity index (χ0) is 14.9. The SMILES string of the molecule is CC(C)(C)C(=O)N1CCN/C1=N\c1ccc(Cl)cc1Cl. The monoisotopic (exact) mass is 313 g/mol. The fourth-order valence-electron chi connectivity index (χ4n) is 1.87. The van der Waals surface area contributed by atoms with Crippen LogP contribution >= 0.6 is 23.2 Å². The number of hydrogen-bond acceptors (Lipinski definition) is 2. The highest BCUT2D eigenvalue weighted by Gasteiger charge is 2.32. The quantitative estimate of drug-likeness (QED) is 0.863. The second kappa shape index (κ2) is 5.62. The number of hydrogen-bond donors (Lipinski definition) is 1. The number of benzene rings is 1. The van der Waals surface area contributed by atoms with Crippen LogP contribution in [-0.4, -0.2) is 29.9 Å². The number of aliphatic imine (C=N–C) groups is 1. The van der Waals surface area contributed by atoms with E-state index in [1.807, 2.05) is 20.8 Å². The minimum Gasteiger partial charge on any atom is -0.354 e. The van der Waals surface area contributed by atoms with E-state index in [-0.39, 0.29) is 5.91 Å². The Kier molecular flexibility index (Phi) is 4.25. The van der Waals surface area contributed by atoms with Crippen molar-refractivity contribution in [2.24, 2.45) is 10.4 Å². The van der Waals surface area contributed by atoms with Crippen molar-refractivity contribution in [3.63, 3.8) is 0 Å². The Bertz CT molecular complexity index is 564. The zero-order valence-electron chi connectivity index (χ0n) is 11.7. The van der Waals surface area contributed by atoms with Gasteiger partial charge in [0, 0.05) is 23.5 Å². The van der Waals surface area contributed by atoms with E-state index in [9.17, 15) is 4.79 Å². The van der Waals surface area contributed by atoms with Crippen LogP contribution < -0.4 is 5.32 Å². The predicted octanol–water partition coefficient (Wildman–Crippen LogP) is 3.46. The molecule has 0 saturated carbocycles. The van der Waals surface area contributed by atoms with Gasteiger partial charge >= 0.3 is 0 Å². The molecule has 4 nitrogen and oxygen atoms in total. The van der Waals surface area contributed by atoms with Crippen LogP contribution in [0.25, 0.3) is 0 Å². The van der Waals surface area contributed by atoms with Crippen LogP contribution in [0.15, 0.2) is 23.2 Å². The number of carbonyl (C=O) groups is 1. The lowest BCUT2D eigenvalue weighted by Crippen LogP contribution is -2.42. The first kappa shape index (κ1) is 15.1. The lowest BCUT2D eigenvalue weighted by Gasteiger charge is -2.24. The number of amides is 1. The van der Waals surface area contributed by atoms with Crippen molar-refractivity contribution in [2.45, 2.75) is 20.8 Å². The number of carbonyl (C=O) groups excluding carboxylic acids is 1. The van der Waals surface area contributed by atoms with E-state index in [0.717, 1.165) is 0 Å². The molecule has 0 radical (unpaired) electrons. The molecule has 1 aromatic rings. The van der Waals surface area contributed by atoms with E-state index in [0.29, 0.717) is 34.8 Å². The fraction of sp³-hybridized carbons (Fsp3) is 0.429. The summed E-state index contributed by atoms with van der Waals surface area (Å²) < 4.78 is 0. The lowest BCUT2D eigenvalue weighted by atomic mass is 9.95. The fourth-order valence-corrected chi connectivity index (χ4v) is 2.32. The first-order valence-corrected chi connectivity index (χ1v) is 7.14. The Balaban J connectivity index is 2.31. The number of guanidine groups is 1. The number of rotatable bonds is 1. The van der Waals surface area contributed by atoms with E-state index in [2.05, 4.69) is 10.3 Å².